The summed E-state index contributed by atoms with van der Waals surface area (Å²) in [4.78, 5) is 12.3. The molecule has 0 saturated heterocycles. The van der Waals surface area contributed by atoms with Crippen LogP contribution in [0.3, 0.4) is 0 Å². The van der Waals surface area contributed by atoms with Gasteiger partial charge in [-0.05, 0) is 55.5 Å². The Hall–Kier alpha value is -2.65. The number of carbonyl (C=O) groups excluding carboxylic acids is 1. The summed E-state index contributed by atoms with van der Waals surface area (Å²) >= 11 is 2.67. The van der Waals surface area contributed by atoms with Crippen LogP contribution < -0.4 is 15.4 Å². The van der Waals surface area contributed by atoms with Gasteiger partial charge in [-0.25, -0.2) is 4.39 Å². The number of amides is 1. The summed E-state index contributed by atoms with van der Waals surface area (Å²) < 4.78 is 18.7. The largest absolute Gasteiger partial charge is 0.497 e. The number of methoxy groups -OCH3 is 1. The van der Waals surface area contributed by atoms with Crippen LogP contribution in [-0.4, -0.2) is 28.5 Å². The lowest BCUT2D eigenvalue weighted by Gasteiger charge is -2.10. The Balaban J connectivity index is 1.55. The van der Waals surface area contributed by atoms with E-state index in [4.69, 9.17) is 4.74 Å². The molecule has 0 saturated carbocycles. The number of aromatic nitrogens is 2. The first-order valence-electron chi connectivity index (χ1n) is 8.01. The number of hydrogen-bond acceptors (Lipinski definition) is 7. The molecule has 0 aliphatic heterocycles. The molecule has 2 N–H and O–H groups in total. The molecule has 3 aromatic rings. The number of ether oxygens (including phenoxy) is 1. The van der Waals surface area contributed by atoms with Crippen LogP contribution in [0.4, 0.5) is 20.9 Å². The third-order valence-corrected chi connectivity index (χ3v) is 5.53. The van der Waals surface area contributed by atoms with Gasteiger partial charge in [0, 0.05) is 11.4 Å². The normalized spacial score (nSPS) is 11.7. The standard InChI is InChI=1S/C18H17FN4O2S2/c1-11(16(24)20-13-5-3-12(19)4-6-13)26-18-23-22-17(27-18)21-14-7-9-15(25-2)10-8-14/h3-11H,1-2H3,(H,20,24)(H,21,22)/t11-/m1/s1. The minimum Gasteiger partial charge on any atom is -0.497 e. The highest BCUT2D eigenvalue weighted by Gasteiger charge is 2.17. The molecule has 0 spiro atoms. The number of rotatable bonds is 7. The molecule has 140 valence electrons. The van der Waals surface area contributed by atoms with Gasteiger partial charge in [0.25, 0.3) is 0 Å². The molecule has 2 aromatic carbocycles. The Morgan fingerprint density at radius 1 is 1.11 bits per heavy atom. The molecule has 0 bridgehead atoms. The number of carbonyl (C=O) groups is 1. The van der Waals surface area contributed by atoms with Crippen molar-refractivity contribution in [2.75, 3.05) is 17.7 Å². The summed E-state index contributed by atoms with van der Waals surface area (Å²) in [7, 11) is 1.62. The van der Waals surface area contributed by atoms with Crippen LogP contribution in [0.15, 0.2) is 52.9 Å². The molecule has 27 heavy (non-hydrogen) atoms. The highest BCUT2D eigenvalue weighted by molar-refractivity contribution is 8.02. The Kier molecular flexibility index (Phi) is 6.25. The van der Waals surface area contributed by atoms with Crippen molar-refractivity contribution in [2.24, 2.45) is 0 Å². The Bertz CT molecular complexity index is 900. The summed E-state index contributed by atoms with van der Waals surface area (Å²) in [5.41, 5.74) is 1.42. The van der Waals surface area contributed by atoms with E-state index in [2.05, 4.69) is 20.8 Å². The van der Waals surface area contributed by atoms with Gasteiger partial charge in [0.05, 0.1) is 12.4 Å². The zero-order chi connectivity index (χ0) is 19.2. The van der Waals surface area contributed by atoms with Gasteiger partial charge >= 0.3 is 0 Å². The van der Waals surface area contributed by atoms with E-state index in [9.17, 15) is 9.18 Å². The second-order valence-corrected chi connectivity index (χ2v) is 8.05. The summed E-state index contributed by atoms with van der Waals surface area (Å²) in [6.45, 7) is 1.78. The molecule has 1 atom stereocenters. The monoisotopic (exact) mass is 404 g/mol. The summed E-state index contributed by atoms with van der Waals surface area (Å²) in [6.07, 6.45) is 0. The van der Waals surface area contributed by atoms with Gasteiger partial charge in [-0.15, -0.1) is 10.2 Å². The maximum Gasteiger partial charge on any atom is 0.237 e. The minimum absolute atomic E-state index is 0.188. The van der Waals surface area contributed by atoms with Gasteiger partial charge in [0.1, 0.15) is 11.6 Å². The molecular formula is C18H17FN4O2S2. The molecular weight excluding hydrogens is 387 g/mol. The van der Waals surface area contributed by atoms with Crippen molar-refractivity contribution in [1.82, 2.24) is 10.2 Å². The first kappa shape index (κ1) is 19.1. The van der Waals surface area contributed by atoms with Crippen LogP contribution >= 0.6 is 23.1 Å². The minimum atomic E-state index is -0.378. The van der Waals surface area contributed by atoms with Gasteiger partial charge in [-0.3, -0.25) is 4.79 Å². The zero-order valence-electron chi connectivity index (χ0n) is 14.6. The van der Waals surface area contributed by atoms with Gasteiger partial charge in [0.15, 0.2) is 4.34 Å². The van der Waals surface area contributed by atoms with Gasteiger partial charge in [-0.1, -0.05) is 23.1 Å². The average molecular weight is 404 g/mol. The molecule has 0 unspecified atom stereocenters. The second-order valence-electron chi connectivity index (χ2n) is 5.48. The summed E-state index contributed by atoms with van der Waals surface area (Å²) in [5, 5.41) is 14.4. The van der Waals surface area contributed by atoms with Crippen LogP contribution in [0.2, 0.25) is 0 Å². The third-order valence-electron chi connectivity index (χ3n) is 3.51. The number of nitrogens with one attached hydrogen (secondary N) is 2. The lowest BCUT2D eigenvalue weighted by atomic mass is 10.3. The van der Waals surface area contributed by atoms with E-state index in [0.29, 0.717) is 15.2 Å². The lowest BCUT2D eigenvalue weighted by molar-refractivity contribution is -0.115. The lowest BCUT2D eigenvalue weighted by Crippen LogP contribution is -2.22. The number of hydrogen-bond donors (Lipinski definition) is 2. The molecule has 3 rings (SSSR count). The van der Waals surface area contributed by atoms with E-state index in [0.717, 1.165) is 11.4 Å². The number of halogens is 1. The predicted molar refractivity (Wildman–Crippen MR) is 107 cm³/mol. The molecule has 0 aliphatic rings. The third kappa shape index (κ3) is 5.41. The Morgan fingerprint density at radius 2 is 1.78 bits per heavy atom. The molecule has 9 heteroatoms. The molecule has 6 nitrogen and oxygen atoms in total. The van der Waals surface area contributed by atoms with E-state index in [1.165, 1.54) is 47.4 Å². The van der Waals surface area contributed by atoms with E-state index in [1.807, 2.05) is 24.3 Å². The first-order valence-corrected chi connectivity index (χ1v) is 9.71. The van der Waals surface area contributed by atoms with Crippen molar-refractivity contribution in [1.29, 1.82) is 0 Å². The second kappa shape index (κ2) is 8.83. The first-order chi connectivity index (χ1) is 13.0. The molecule has 0 fully saturated rings. The Labute approximate surface area is 164 Å². The smallest absolute Gasteiger partial charge is 0.237 e. The number of anilines is 3. The molecule has 0 radical (unpaired) electrons. The fraction of sp³-hybridized carbons (Fsp3) is 0.167. The van der Waals surface area contributed by atoms with Crippen LogP contribution in [0.1, 0.15) is 6.92 Å². The van der Waals surface area contributed by atoms with Crippen molar-refractivity contribution in [3.63, 3.8) is 0 Å². The van der Waals surface area contributed by atoms with Crippen molar-refractivity contribution >= 4 is 45.5 Å². The summed E-state index contributed by atoms with van der Waals surface area (Å²) in [6, 6.07) is 13.1. The van der Waals surface area contributed by atoms with E-state index < -0.39 is 0 Å². The van der Waals surface area contributed by atoms with Crippen LogP contribution in [0.5, 0.6) is 5.75 Å². The van der Waals surface area contributed by atoms with Gasteiger partial charge < -0.3 is 15.4 Å². The fourth-order valence-electron chi connectivity index (χ4n) is 2.09. The van der Waals surface area contributed by atoms with Crippen molar-refractivity contribution in [3.8, 4) is 5.75 Å². The fourth-order valence-corrected chi connectivity index (χ4v) is 4.00. The van der Waals surface area contributed by atoms with E-state index in [-0.39, 0.29) is 17.0 Å². The maximum absolute atomic E-state index is 12.9. The number of benzene rings is 2. The van der Waals surface area contributed by atoms with Crippen molar-refractivity contribution in [2.45, 2.75) is 16.5 Å². The molecule has 1 heterocycles. The number of nitrogens with zero attached hydrogens (tertiary/aromatic N) is 2. The van der Waals surface area contributed by atoms with Crippen LogP contribution in [-0.2, 0) is 4.79 Å². The van der Waals surface area contributed by atoms with E-state index in [1.54, 1.807) is 14.0 Å². The average Bonchev–Trinajstić information content (AvgIpc) is 3.11. The topological polar surface area (TPSA) is 76.1 Å². The SMILES string of the molecule is COc1ccc(Nc2nnc(S[C@H](C)C(=O)Nc3ccc(F)cc3)s2)cc1. The van der Waals surface area contributed by atoms with Gasteiger partial charge in [0.2, 0.25) is 11.0 Å². The van der Waals surface area contributed by atoms with Crippen LogP contribution in [0, 0.1) is 5.82 Å². The van der Waals surface area contributed by atoms with Crippen molar-refractivity contribution < 1.29 is 13.9 Å². The van der Waals surface area contributed by atoms with Crippen molar-refractivity contribution in [3.05, 3.63) is 54.3 Å². The van der Waals surface area contributed by atoms with Crippen LogP contribution in [0.25, 0.3) is 0 Å². The molecule has 1 aromatic heterocycles. The highest BCUT2D eigenvalue weighted by Crippen LogP contribution is 2.31. The predicted octanol–water partition coefficient (Wildman–Crippen LogP) is 4.55. The highest BCUT2D eigenvalue weighted by atomic mass is 32.2. The quantitative estimate of drug-likeness (QED) is 0.563. The maximum atomic E-state index is 12.9. The summed E-state index contributed by atoms with van der Waals surface area (Å²) in [5.74, 6) is 0.239. The molecule has 1 amide bonds. The molecule has 0 aliphatic carbocycles. The van der Waals surface area contributed by atoms with E-state index >= 15 is 0 Å². The number of thioether (sulfide) groups is 1. The zero-order valence-corrected chi connectivity index (χ0v) is 16.2. The van der Waals surface area contributed by atoms with Gasteiger partial charge in [-0.2, -0.15) is 0 Å². The Morgan fingerprint density at radius 3 is 2.44 bits per heavy atom.